The third-order valence-corrected chi connectivity index (χ3v) is 4.50. The highest BCUT2D eigenvalue weighted by Crippen LogP contribution is 2.32. The first-order valence-electron chi connectivity index (χ1n) is 9.30. The zero-order chi connectivity index (χ0) is 20.9. The van der Waals surface area contributed by atoms with Crippen molar-refractivity contribution in [3.8, 4) is 0 Å². The largest absolute Gasteiger partial charge is 0.416 e. The molecular weight excluding hydrogens is 515 g/mol. The number of guanidine groups is 1. The number of ether oxygens (including phenoxy) is 1. The summed E-state index contributed by atoms with van der Waals surface area (Å²) < 4.78 is 58.6. The Bertz CT molecular complexity index is 863. The lowest BCUT2D eigenvalue weighted by molar-refractivity contribution is -0.137. The van der Waals surface area contributed by atoms with E-state index in [1.54, 1.807) is 6.07 Å². The van der Waals surface area contributed by atoms with Gasteiger partial charge in [-0.05, 0) is 36.8 Å². The lowest BCUT2D eigenvalue weighted by Gasteiger charge is -2.35. The number of nitrogens with zero attached hydrogens (tertiary/aromatic N) is 3. The van der Waals surface area contributed by atoms with Gasteiger partial charge < -0.3 is 15.0 Å². The first-order chi connectivity index (χ1) is 13.9. The molecule has 0 saturated carbocycles. The summed E-state index contributed by atoms with van der Waals surface area (Å²) in [5, 5.41) is 3.14. The SMILES string of the molecule is CCNC(=NCc1ncccc1F)N1CCOC(c2cccc(C(F)(F)F)c2)C1.I. The summed E-state index contributed by atoms with van der Waals surface area (Å²) in [4.78, 5) is 10.3. The second-order valence-corrected chi connectivity index (χ2v) is 6.53. The standard InChI is InChI=1S/C20H22F4N4O.HI/c1-2-25-19(27-12-17-16(21)7-4-8-26-17)28-9-10-29-18(13-28)14-5-3-6-15(11-14)20(22,23)24;/h3-8,11,18H,2,9-10,12-13H2,1H3,(H,25,27);1H. The molecular formula is C20H23F4IN4O. The highest BCUT2D eigenvalue weighted by atomic mass is 127. The van der Waals surface area contributed by atoms with Crippen molar-refractivity contribution in [1.29, 1.82) is 0 Å². The Morgan fingerprint density at radius 2 is 2.10 bits per heavy atom. The van der Waals surface area contributed by atoms with Crippen LogP contribution in [-0.2, 0) is 17.5 Å². The average molecular weight is 538 g/mol. The lowest BCUT2D eigenvalue weighted by Crippen LogP contribution is -2.48. The highest BCUT2D eigenvalue weighted by molar-refractivity contribution is 14.0. The number of rotatable bonds is 4. The molecule has 1 unspecified atom stereocenters. The minimum atomic E-state index is -4.41. The second-order valence-electron chi connectivity index (χ2n) is 6.53. The van der Waals surface area contributed by atoms with Gasteiger partial charge in [-0.3, -0.25) is 4.98 Å². The van der Waals surface area contributed by atoms with E-state index in [4.69, 9.17) is 4.74 Å². The van der Waals surface area contributed by atoms with Crippen LogP contribution in [0.25, 0.3) is 0 Å². The molecule has 2 aromatic rings. The molecule has 0 spiro atoms. The van der Waals surface area contributed by atoms with Crippen LogP contribution in [0.2, 0.25) is 0 Å². The molecule has 164 valence electrons. The molecule has 30 heavy (non-hydrogen) atoms. The third-order valence-electron chi connectivity index (χ3n) is 4.50. The molecule has 2 heterocycles. The van der Waals surface area contributed by atoms with Crippen molar-refractivity contribution in [2.45, 2.75) is 25.7 Å². The van der Waals surface area contributed by atoms with Crippen molar-refractivity contribution < 1.29 is 22.3 Å². The number of nitrogens with one attached hydrogen (secondary N) is 1. The van der Waals surface area contributed by atoms with Crippen LogP contribution >= 0.6 is 24.0 Å². The maximum Gasteiger partial charge on any atom is 0.416 e. The molecule has 1 N–H and O–H groups in total. The number of hydrogen-bond acceptors (Lipinski definition) is 3. The van der Waals surface area contributed by atoms with Crippen LogP contribution in [0, 0.1) is 5.82 Å². The molecule has 1 aromatic carbocycles. The molecule has 0 radical (unpaired) electrons. The van der Waals surface area contributed by atoms with Gasteiger partial charge in [-0.15, -0.1) is 24.0 Å². The maximum absolute atomic E-state index is 13.8. The molecule has 1 saturated heterocycles. The zero-order valence-corrected chi connectivity index (χ0v) is 18.7. The summed E-state index contributed by atoms with van der Waals surface area (Å²) in [6, 6.07) is 7.98. The molecule has 0 amide bonds. The number of aliphatic imine (C=N–C) groups is 1. The van der Waals surface area contributed by atoms with Crippen molar-refractivity contribution in [2.75, 3.05) is 26.2 Å². The summed E-state index contributed by atoms with van der Waals surface area (Å²) in [6.07, 6.45) is -3.44. The third kappa shape index (κ3) is 6.27. The summed E-state index contributed by atoms with van der Waals surface area (Å²) in [6.45, 7) is 3.74. The first-order valence-corrected chi connectivity index (χ1v) is 9.30. The molecule has 0 bridgehead atoms. The summed E-state index contributed by atoms with van der Waals surface area (Å²) in [5.41, 5.74) is -0.0244. The van der Waals surface area contributed by atoms with E-state index in [0.717, 1.165) is 12.1 Å². The number of halogens is 5. The maximum atomic E-state index is 13.8. The topological polar surface area (TPSA) is 49.8 Å². The van der Waals surface area contributed by atoms with Crippen LogP contribution in [0.5, 0.6) is 0 Å². The van der Waals surface area contributed by atoms with Gasteiger partial charge in [0.1, 0.15) is 11.9 Å². The smallest absolute Gasteiger partial charge is 0.370 e. The van der Waals surface area contributed by atoms with Gasteiger partial charge in [0.2, 0.25) is 0 Å². The Balaban J connectivity index is 0.00000320. The molecule has 1 atom stereocenters. The van der Waals surface area contributed by atoms with Gasteiger partial charge in [-0.25, -0.2) is 9.38 Å². The Morgan fingerprint density at radius 3 is 2.80 bits per heavy atom. The number of aromatic nitrogens is 1. The van der Waals surface area contributed by atoms with Crippen molar-refractivity contribution >= 4 is 29.9 Å². The van der Waals surface area contributed by atoms with Gasteiger partial charge in [0.25, 0.3) is 0 Å². The predicted octanol–water partition coefficient (Wildman–Crippen LogP) is 4.40. The van der Waals surface area contributed by atoms with Crippen molar-refractivity contribution in [2.24, 2.45) is 4.99 Å². The average Bonchev–Trinajstić information content (AvgIpc) is 2.72. The minimum absolute atomic E-state index is 0. The lowest BCUT2D eigenvalue weighted by atomic mass is 10.0. The quantitative estimate of drug-likeness (QED) is 0.272. The summed E-state index contributed by atoms with van der Waals surface area (Å²) >= 11 is 0. The van der Waals surface area contributed by atoms with Gasteiger partial charge in [0.05, 0.1) is 31.0 Å². The Hall–Kier alpha value is -1.95. The molecule has 1 aliphatic heterocycles. The van der Waals surface area contributed by atoms with Crippen molar-refractivity contribution in [3.63, 3.8) is 0 Å². The number of hydrogen-bond donors (Lipinski definition) is 1. The van der Waals surface area contributed by atoms with Crippen molar-refractivity contribution in [1.82, 2.24) is 15.2 Å². The van der Waals surface area contributed by atoms with Crippen LogP contribution < -0.4 is 5.32 Å². The van der Waals surface area contributed by atoms with Crippen LogP contribution in [0.3, 0.4) is 0 Å². The fraction of sp³-hybridized carbons (Fsp3) is 0.400. The van der Waals surface area contributed by atoms with Crippen molar-refractivity contribution in [3.05, 3.63) is 65.2 Å². The molecule has 0 aliphatic carbocycles. The molecule has 5 nitrogen and oxygen atoms in total. The summed E-state index contributed by atoms with van der Waals surface area (Å²) in [7, 11) is 0. The molecule has 10 heteroatoms. The van der Waals surface area contributed by atoms with Gasteiger partial charge >= 0.3 is 6.18 Å². The first kappa shape index (κ1) is 24.3. The monoisotopic (exact) mass is 538 g/mol. The molecule has 1 aromatic heterocycles. The van der Waals surface area contributed by atoms with E-state index in [1.807, 2.05) is 11.8 Å². The predicted molar refractivity (Wildman–Crippen MR) is 116 cm³/mol. The van der Waals surface area contributed by atoms with Gasteiger partial charge in [-0.1, -0.05) is 12.1 Å². The van der Waals surface area contributed by atoms with E-state index in [9.17, 15) is 17.6 Å². The Morgan fingerprint density at radius 1 is 1.30 bits per heavy atom. The normalized spacial score (nSPS) is 17.4. The summed E-state index contributed by atoms with van der Waals surface area (Å²) in [5.74, 6) is 0.105. The highest BCUT2D eigenvalue weighted by Gasteiger charge is 2.32. The zero-order valence-electron chi connectivity index (χ0n) is 16.3. The van der Waals surface area contributed by atoms with Gasteiger partial charge in [0, 0.05) is 19.3 Å². The van der Waals surface area contributed by atoms with Crippen LogP contribution in [0.4, 0.5) is 17.6 Å². The van der Waals surface area contributed by atoms with Gasteiger partial charge in [0.15, 0.2) is 5.96 Å². The van der Waals surface area contributed by atoms with Crippen LogP contribution in [0.1, 0.15) is 29.8 Å². The second kappa shape index (κ2) is 10.9. The molecule has 1 aliphatic rings. The van der Waals surface area contributed by atoms with E-state index in [-0.39, 0.29) is 36.2 Å². The van der Waals surface area contributed by atoms with Gasteiger partial charge in [-0.2, -0.15) is 13.2 Å². The number of morpholine rings is 1. The van der Waals surface area contributed by atoms with E-state index < -0.39 is 23.7 Å². The molecule has 1 fully saturated rings. The molecule has 3 rings (SSSR count). The Labute approximate surface area is 189 Å². The Kier molecular flexibility index (Phi) is 8.83. The number of benzene rings is 1. The number of pyridine rings is 1. The van der Waals surface area contributed by atoms with Crippen LogP contribution in [0.15, 0.2) is 47.6 Å². The van der Waals surface area contributed by atoms with E-state index in [0.29, 0.717) is 37.8 Å². The van der Waals surface area contributed by atoms with Crippen LogP contribution in [-0.4, -0.2) is 42.1 Å². The van der Waals surface area contributed by atoms with E-state index in [2.05, 4.69) is 15.3 Å². The van der Waals surface area contributed by atoms with E-state index >= 15 is 0 Å². The fourth-order valence-electron chi connectivity index (χ4n) is 3.07. The number of alkyl halides is 3. The minimum Gasteiger partial charge on any atom is -0.370 e. The van der Waals surface area contributed by atoms with E-state index in [1.165, 1.54) is 24.4 Å². The fourth-order valence-corrected chi connectivity index (χ4v) is 3.07.